The van der Waals surface area contributed by atoms with Crippen molar-refractivity contribution in [3.05, 3.63) is 41.5 Å². The molecular formula is C16H16N4OS. The van der Waals surface area contributed by atoms with E-state index in [1.165, 1.54) is 11.3 Å². The molecule has 112 valence electrons. The minimum absolute atomic E-state index is 0.00350. The van der Waals surface area contributed by atoms with E-state index in [1.54, 1.807) is 11.1 Å². The molecule has 1 N–H and O–H groups in total. The van der Waals surface area contributed by atoms with Crippen LogP contribution in [0.5, 0.6) is 0 Å². The van der Waals surface area contributed by atoms with Crippen LogP contribution >= 0.6 is 11.3 Å². The van der Waals surface area contributed by atoms with Crippen molar-refractivity contribution in [2.24, 2.45) is 5.92 Å². The van der Waals surface area contributed by atoms with Gasteiger partial charge in [-0.3, -0.25) is 4.79 Å². The third-order valence-electron chi connectivity index (χ3n) is 3.83. The van der Waals surface area contributed by atoms with Crippen molar-refractivity contribution in [1.82, 2.24) is 15.2 Å². The summed E-state index contributed by atoms with van der Waals surface area (Å²) in [5.74, 6) is 0.0981. The highest BCUT2D eigenvalue weighted by Gasteiger charge is 2.31. The molecule has 3 rings (SSSR count). The molecule has 2 aromatic rings. The van der Waals surface area contributed by atoms with Crippen LogP contribution in [-0.2, 0) is 0 Å². The van der Waals surface area contributed by atoms with E-state index in [0.717, 1.165) is 10.4 Å². The third kappa shape index (κ3) is 2.95. The van der Waals surface area contributed by atoms with Crippen LogP contribution in [0.25, 0.3) is 10.4 Å². The minimum atomic E-state index is -0.163. The Hall–Kier alpha value is -2.39. The first-order valence-corrected chi connectivity index (χ1v) is 7.96. The number of hydrogen-bond donors (Lipinski definition) is 1. The third-order valence-corrected chi connectivity index (χ3v) is 4.87. The smallest absolute Gasteiger partial charge is 0.280 e. The number of likely N-dealkylation sites (tertiary alicyclic amines) is 1. The zero-order valence-corrected chi connectivity index (χ0v) is 13.0. The first-order valence-electron chi connectivity index (χ1n) is 7.14. The molecule has 0 radical (unpaired) electrons. The molecule has 6 heteroatoms. The van der Waals surface area contributed by atoms with E-state index in [1.807, 2.05) is 37.3 Å². The summed E-state index contributed by atoms with van der Waals surface area (Å²) in [6, 6.07) is 9.88. The lowest BCUT2D eigenvalue weighted by atomic mass is 10.1. The van der Waals surface area contributed by atoms with Gasteiger partial charge in [0.15, 0.2) is 11.2 Å². The molecule has 1 aliphatic rings. The van der Waals surface area contributed by atoms with Crippen LogP contribution < -0.4 is 5.32 Å². The monoisotopic (exact) mass is 312 g/mol. The molecule has 1 aromatic heterocycles. The molecule has 5 nitrogen and oxygen atoms in total. The first-order chi connectivity index (χ1) is 10.7. The Morgan fingerprint density at radius 3 is 2.86 bits per heavy atom. The standard InChI is InChI=1S/C16H16N4OS/c1-11-8-20(10-17)9-13(11)19-15(21)16-18-7-14(22-16)12-5-3-2-4-6-12/h2-7,11,13H,8-9H2,1H3,(H,19,21)/t11-,13-/m1/s1. The molecule has 1 saturated heterocycles. The number of nitrogens with zero attached hydrogens (tertiary/aromatic N) is 3. The second-order valence-corrected chi connectivity index (χ2v) is 6.49. The summed E-state index contributed by atoms with van der Waals surface area (Å²) in [7, 11) is 0. The Morgan fingerprint density at radius 2 is 2.18 bits per heavy atom. The molecule has 22 heavy (non-hydrogen) atoms. The average Bonchev–Trinajstić information content (AvgIpc) is 3.16. The summed E-state index contributed by atoms with van der Waals surface area (Å²) in [6.07, 6.45) is 3.86. The van der Waals surface area contributed by atoms with Crippen LogP contribution in [0.15, 0.2) is 36.5 Å². The summed E-state index contributed by atoms with van der Waals surface area (Å²) in [5.41, 5.74) is 1.06. The lowest BCUT2D eigenvalue weighted by molar-refractivity contribution is 0.0931. The molecule has 0 spiro atoms. The SMILES string of the molecule is C[C@@H]1CN(C#N)C[C@H]1NC(=O)c1ncc(-c2ccccc2)s1. The Morgan fingerprint density at radius 1 is 1.41 bits per heavy atom. The molecular weight excluding hydrogens is 296 g/mol. The maximum absolute atomic E-state index is 12.3. The highest BCUT2D eigenvalue weighted by atomic mass is 32.1. The molecule has 1 fully saturated rings. The van der Waals surface area contributed by atoms with Gasteiger partial charge in [0.05, 0.1) is 10.9 Å². The maximum Gasteiger partial charge on any atom is 0.280 e. The molecule has 2 atom stereocenters. The summed E-state index contributed by atoms with van der Waals surface area (Å²) in [6.45, 7) is 3.30. The average molecular weight is 312 g/mol. The molecule has 0 aliphatic carbocycles. The van der Waals surface area contributed by atoms with E-state index in [0.29, 0.717) is 18.1 Å². The largest absolute Gasteiger partial charge is 0.345 e. The predicted molar refractivity (Wildman–Crippen MR) is 85.2 cm³/mol. The minimum Gasteiger partial charge on any atom is -0.345 e. The van der Waals surface area contributed by atoms with Gasteiger partial charge in [0, 0.05) is 19.3 Å². The topological polar surface area (TPSA) is 69.0 Å². The number of nitrogens with one attached hydrogen (secondary N) is 1. The van der Waals surface area contributed by atoms with E-state index in [9.17, 15) is 4.79 Å². The number of benzene rings is 1. The molecule has 0 bridgehead atoms. The fourth-order valence-electron chi connectivity index (χ4n) is 2.58. The van der Waals surface area contributed by atoms with E-state index in [4.69, 9.17) is 5.26 Å². The summed E-state index contributed by atoms with van der Waals surface area (Å²) >= 11 is 1.38. The van der Waals surface area contributed by atoms with Gasteiger partial charge in [-0.05, 0) is 11.5 Å². The molecule has 2 heterocycles. The number of amides is 1. The van der Waals surface area contributed by atoms with Crippen molar-refractivity contribution < 1.29 is 4.79 Å². The molecule has 1 amide bonds. The van der Waals surface area contributed by atoms with Gasteiger partial charge in [-0.15, -0.1) is 11.3 Å². The van der Waals surface area contributed by atoms with Crippen molar-refractivity contribution in [2.45, 2.75) is 13.0 Å². The lowest BCUT2D eigenvalue weighted by Crippen LogP contribution is -2.39. The van der Waals surface area contributed by atoms with Crippen LogP contribution in [0.2, 0.25) is 0 Å². The Balaban J connectivity index is 1.69. The molecule has 0 unspecified atom stereocenters. The van der Waals surface area contributed by atoms with Crippen molar-refractivity contribution in [2.75, 3.05) is 13.1 Å². The van der Waals surface area contributed by atoms with Gasteiger partial charge in [-0.25, -0.2) is 4.98 Å². The van der Waals surface area contributed by atoms with Gasteiger partial charge < -0.3 is 10.2 Å². The van der Waals surface area contributed by atoms with Gasteiger partial charge in [0.2, 0.25) is 0 Å². The van der Waals surface area contributed by atoms with Crippen LogP contribution in [-0.4, -0.2) is 34.9 Å². The fourth-order valence-corrected chi connectivity index (χ4v) is 3.41. The second kappa shape index (κ2) is 6.16. The van der Waals surface area contributed by atoms with E-state index in [-0.39, 0.29) is 17.9 Å². The van der Waals surface area contributed by atoms with Crippen LogP contribution in [0.1, 0.15) is 16.7 Å². The molecule has 1 aliphatic heterocycles. The lowest BCUT2D eigenvalue weighted by Gasteiger charge is -2.14. The number of aromatic nitrogens is 1. The van der Waals surface area contributed by atoms with Crippen molar-refractivity contribution in [1.29, 1.82) is 5.26 Å². The molecule has 1 aromatic carbocycles. The maximum atomic E-state index is 12.3. The van der Waals surface area contributed by atoms with E-state index >= 15 is 0 Å². The Kier molecular flexibility index (Phi) is 4.07. The number of carbonyl (C=O) groups excluding carboxylic acids is 1. The zero-order chi connectivity index (χ0) is 15.5. The zero-order valence-electron chi connectivity index (χ0n) is 12.2. The number of carbonyl (C=O) groups is 1. The van der Waals surface area contributed by atoms with Gasteiger partial charge in [0.25, 0.3) is 5.91 Å². The van der Waals surface area contributed by atoms with Crippen molar-refractivity contribution in [3.63, 3.8) is 0 Å². The Bertz CT molecular complexity index is 706. The van der Waals surface area contributed by atoms with Gasteiger partial charge in [0.1, 0.15) is 0 Å². The van der Waals surface area contributed by atoms with Crippen molar-refractivity contribution >= 4 is 17.2 Å². The van der Waals surface area contributed by atoms with Crippen LogP contribution in [0.3, 0.4) is 0 Å². The summed E-state index contributed by atoms with van der Waals surface area (Å²) in [4.78, 5) is 19.2. The van der Waals surface area contributed by atoms with E-state index < -0.39 is 0 Å². The summed E-state index contributed by atoms with van der Waals surface area (Å²) in [5, 5.41) is 12.4. The fraction of sp³-hybridized carbons (Fsp3) is 0.312. The van der Waals surface area contributed by atoms with Gasteiger partial charge in [-0.1, -0.05) is 37.3 Å². The van der Waals surface area contributed by atoms with Gasteiger partial charge >= 0.3 is 0 Å². The first kappa shape index (κ1) is 14.5. The highest BCUT2D eigenvalue weighted by molar-refractivity contribution is 7.16. The van der Waals surface area contributed by atoms with Crippen molar-refractivity contribution in [3.8, 4) is 16.6 Å². The van der Waals surface area contributed by atoms with Crippen LogP contribution in [0.4, 0.5) is 0 Å². The molecule has 0 saturated carbocycles. The number of rotatable bonds is 3. The number of nitriles is 1. The predicted octanol–water partition coefficient (Wildman–Crippen LogP) is 2.34. The highest BCUT2D eigenvalue weighted by Crippen LogP contribution is 2.26. The van der Waals surface area contributed by atoms with E-state index in [2.05, 4.69) is 16.5 Å². The summed E-state index contributed by atoms with van der Waals surface area (Å²) < 4.78 is 0. The van der Waals surface area contributed by atoms with Gasteiger partial charge in [-0.2, -0.15) is 5.26 Å². The van der Waals surface area contributed by atoms with Crippen LogP contribution in [0, 0.1) is 17.4 Å². The number of thiazole rings is 1. The Labute approximate surface area is 133 Å². The quantitative estimate of drug-likeness (QED) is 0.883. The number of hydrogen-bond acceptors (Lipinski definition) is 5. The normalized spacial score (nSPS) is 20.6. The second-order valence-electron chi connectivity index (χ2n) is 5.46.